The molecule has 4 rings (SSSR count). The van der Waals surface area contributed by atoms with E-state index in [9.17, 15) is 41.4 Å². The first kappa shape index (κ1) is 42.5. The highest BCUT2D eigenvalue weighted by Gasteiger charge is 2.21. The third-order valence-corrected chi connectivity index (χ3v) is 10.2. The van der Waals surface area contributed by atoms with Crippen molar-refractivity contribution in [3.05, 3.63) is 113 Å². The van der Waals surface area contributed by atoms with Crippen molar-refractivity contribution in [3.63, 3.8) is 0 Å². The monoisotopic (exact) mass is 813 g/mol. The number of methoxy groups -OCH3 is 1. The van der Waals surface area contributed by atoms with Gasteiger partial charge in [-0.25, -0.2) is 17.4 Å². The van der Waals surface area contributed by atoms with Crippen molar-refractivity contribution >= 4 is 55.4 Å². The SMILES string of the molecule is COc1cc(C)c(C)cc1N=Nc1ccc(N/N=c2/c(C(=O)O)cc(=O)/c(=N\Nc3cc(C)c(S(=O)(=O)CCOS(=O)(=O)O)cc3CO)c2=O)cc1COC=N. The summed E-state index contributed by atoms with van der Waals surface area (Å²) in [7, 11) is -7.59. The Kier molecular flexibility index (Phi) is 13.6. The van der Waals surface area contributed by atoms with E-state index in [2.05, 4.69) is 35.5 Å². The third-order valence-electron chi connectivity index (χ3n) is 7.96. The van der Waals surface area contributed by atoms with Crippen LogP contribution < -0.4 is 37.2 Å². The summed E-state index contributed by atoms with van der Waals surface area (Å²) in [6.45, 7) is 3.42. The van der Waals surface area contributed by atoms with Gasteiger partial charge in [0.15, 0.2) is 21.6 Å². The van der Waals surface area contributed by atoms with E-state index in [1.54, 1.807) is 6.07 Å². The lowest BCUT2D eigenvalue weighted by Gasteiger charge is -2.13. The summed E-state index contributed by atoms with van der Waals surface area (Å²) in [5, 5.41) is 41.9. The Labute approximate surface area is 318 Å². The minimum absolute atomic E-state index is 0.0382. The zero-order valence-electron chi connectivity index (χ0n) is 30.1. The highest BCUT2D eigenvalue weighted by Crippen LogP contribution is 2.33. The predicted octanol–water partition coefficient (Wildman–Crippen LogP) is 2.39. The van der Waals surface area contributed by atoms with E-state index in [-0.39, 0.29) is 34.0 Å². The van der Waals surface area contributed by atoms with Crippen LogP contribution in [0.3, 0.4) is 0 Å². The van der Waals surface area contributed by atoms with Crippen LogP contribution in [0.4, 0.5) is 22.7 Å². The predicted molar refractivity (Wildman–Crippen MR) is 200 cm³/mol. The maximum absolute atomic E-state index is 13.5. The molecule has 0 spiro atoms. The van der Waals surface area contributed by atoms with E-state index in [0.29, 0.717) is 28.8 Å². The summed E-state index contributed by atoms with van der Waals surface area (Å²) in [6, 6.07) is 11.1. The molecule has 22 heteroatoms. The van der Waals surface area contributed by atoms with Crippen LogP contribution in [0.2, 0.25) is 0 Å². The molecule has 0 aliphatic rings. The second kappa shape index (κ2) is 18.0. The van der Waals surface area contributed by atoms with Crippen LogP contribution in [0.15, 0.2) is 83.4 Å². The molecule has 56 heavy (non-hydrogen) atoms. The average Bonchev–Trinajstić information content (AvgIpc) is 3.13. The molecule has 0 radical (unpaired) electrons. The van der Waals surface area contributed by atoms with Crippen LogP contribution in [0.25, 0.3) is 0 Å². The van der Waals surface area contributed by atoms with Gasteiger partial charge in [0, 0.05) is 17.2 Å². The molecule has 296 valence electrons. The summed E-state index contributed by atoms with van der Waals surface area (Å²) in [5.41, 5.74) is 5.34. The number of rotatable bonds is 17. The lowest BCUT2D eigenvalue weighted by atomic mass is 10.1. The molecule has 0 saturated carbocycles. The molecule has 4 aromatic rings. The molecular formula is C34H35N7O13S2. The molecule has 0 aliphatic carbocycles. The summed E-state index contributed by atoms with van der Waals surface area (Å²) < 4.78 is 70.6. The molecule has 0 atom stereocenters. The number of aromatic carboxylic acids is 1. The number of aliphatic hydroxyl groups excluding tert-OH is 1. The zero-order valence-corrected chi connectivity index (χ0v) is 31.7. The van der Waals surface area contributed by atoms with Gasteiger partial charge < -0.3 is 19.7 Å². The van der Waals surface area contributed by atoms with Crippen molar-refractivity contribution in [3.8, 4) is 5.75 Å². The number of aliphatic hydroxyl groups is 1. The average molecular weight is 814 g/mol. The Hall–Kier alpha value is -6.20. The maximum Gasteiger partial charge on any atom is 0.397 e. The van der Waals surface area contributed by atoms with E-state index in [1.165, 1.54) is 38.3 Å². The van der Waals surface area contributed by atoms with Crippen molar-refractivity contribution in [1.82, 2.24) is 0 Å². The maximum atomic E-state index is 13.5. The van der Waals surface area contributed by atoms with Crippen LogP contribution in [-0.4, -0.2) is 63.4 Å². The molecule has 20 nitrogen and oxygen atoms in total. The first-order chi connectivity index (χ1) is 26.4. The zero-order chi connectivity index (χ0) is 41.4. The summed E-state index contributed by atoms with van der Waals surface area (Å²) in [4.78, 5) is 38.1. The van der Waals surface area contributed by atoms with Crippen LogP contribution >= 0.6 is 0 Å². The van der Waals surface area contributed by atoms with E-state index >= 15 is 0 Å². The van der Waals surface area contributed by atoms with Gasteiger partial charge in [-0.15, -0.1) is 5.11 Å². The molecule has 0 amide bonds. The van der Waals surface area contributed by atoms with Gasteiger partial charge in [-0.05, 0) is 79.9 Å². The molecule has 0 aromatic heterocycles. The third kappa shape index (κ3) is 10.5. The Morgan fingerprint density at radius 1 is 0.875 bits per heavy atom. The number of ether oxygens (including phenoxy) is 2. The van der Waals surface area contributed by atoms with Gasteiger partial charge in [0.25, 0.3) is 0 Å². The Balaban J connectivity index is 1.71. The summed E-state index contributed by atoms with van der Waals surface area (Å²) >= 11 is 0. The first-order valence-corrected chi connectivity index (χ1v) is 19.0. The van der Waals surface area contributed by atoms with Gasteiger partial charge in [-0.3, -0.25) is 30.4 Å². The number of sulfone groups is 1. The number of carboxylic acid groups (broad SMARTS) is 1. The lowest BCUT2D eigenvalue weighted by molar-refractivity contribution is 0.0694. The summed E-state index contributed by atoms with van der Waals surface area (Å²) in [5.74, 6) is -1.99. The van der Waals surface area contributed by atoms with E-state index in [4.69, 9.17) is 19.4 Å². The number of benzene rings is 4. The topological polar surface area (TPSA) is 305 Å². The van der Waals surface area contributed by atoms with Crippen molar-refractivity contribution < 1.29 is 50.1 Å². The van der Waals surface area contributed by atoms with Crippen molar-refractivity contribution in [2.24, 2.45) is 20.4 Å². The Bertz CT molecular complexity index is 2680. The highest BCUT2D eigenvalue weighted by molar-refractivity contribution is 7.91. The van der Waals surface area contributed by atoms with Crippen molar-refractivity contribution in [2.75, 3.05) is 30.3 Å². The van der Waals surface area contributed by atoms with Gasteiger partial charge in [-0.1, -0.05) is 0 Å². The molecule has 0 saturated heterocycles. The fourth-order valence-corrected chi connectivity index (χ4v) is 6.81. The van der Waals surface area contributed by atoms with E-state index in [0.717, 1.165) is 23.6 Å². The molecule has 0 aliphatic heterocycles. The first-order valence-electron chi connectivity index (χ1n) is 16.0. The smallest absolute Gasteiger partial charge is 0.397 e. The molecule has 6 N–H and O–H groups in total. The largest absolute Gasteiger partial charge is 0.494 e. The number of nitrogens with one attached hydrogen (secondary N) is 3. The number of hydrogen-bond acceptors (Lipinski definition) is 18. The molecule has 4 aromatic carbocycles. The molecule has 0 fully saturated rings. The van der Waals surface area contributed by atoms with Gasteiger partial charge in [0.2, 0.25) is 10.9 Å². The van der Waals surface area contributed by atoms with Crippen LogP contribution in [0.5, 0.6) is 5.75 Å². The van der Waals surface area contributed by atoms with E-state index in [1.807, 2.05) is 19.9 Å². The van der Waals surface area contributed by atoms with Crippen molar-refractivity contribution in [2.45, 2.75) is 38.9 Å². The number of anilines is 2. The lowest BCUT2D eigenvalue weighted by Crippen LogP contribution is -2.50. The highest BCUT2D eigenvalue weighted by atomic mass is 32.3. The normalized spacial score (nSPS) is 12.5. The quantitative estimate of drug-likeness (QED) is 0.0293. The standard InChI is InChI=1S/C34H35N7O13S2/c1-18-9-27(29(52-4)11-19(18)2)39-37-25-6-5-23(12-22(25)16-53-17-35)36-40-31-24(34(45)46)14-28(43)32(33(31)44)41-38-26-10-20(3)30(13-21(26)15-42)55(47,48)8-7-54-56(49,50)51/h5-6,9-14,17,35-36,38,42H,7-8,15-16H2,1-4H3,(H,45,46)(H,49,50,51)/b35-17?,39-37?,40-31-,41-32+. The fourth-order valence-electron chi connectivity index (χ4n) is 5.01. The minimum atomic E-state index is -4.89. The van der Waals surface area contributed by atoms with Crippen LogP contribution in [0, 0.1) is 26.2 Å². The number of hydrogen-bond donors (Lipinski definition) is 6. The molecule has 0 heterocycles. The summed E-state index contributed by atoms with van der Waals surface area (Å²) in [6.07, 6.45) is 0.720. The number of nitrogens with zero attached hydrogens (tertiary/aromatic N) is 4. The Morgan fingerprint density at radius 3 is 2.20 bits per heavy atom. The molecule has 0 unspecified atom stereocenters. The fraction of sp³-hybridized carbons (Fsp3) is 0.235. The minimum Gasteiger partial charge on any atom is -0.494 e. The van der Waals surface area contributed by atoms with Crippen LogP contribution in [0.1, 0.15) is 38.2 Å². The number of carboxylic acids is 1. The Morgan fingerprint density at radius 2 is 1.55 bits per heavy atom. The van der Waals surface area contributed by atoms with Crippen molar-refractivity contribution in [1.29, 1.82) is 5.41 Å². The molecular weight excluding hydrogens is 779 g/mol. The number of aryl methyl sites for hydroxylation is 3. The second-order valence-corrected chi connectivity index (χ2v) is 15.0. The van der Waals surface area contributed by atoms with E-state index < -0.39 is 72.3 Å². The van der Waals surface area contributed by atoms with Gasteiger partial charge in [0.05, 0.1) is 53.6 Å². The van der Waals surface area contributed by atoms with Crippen LogP contribution in [-0.2, 0) is 42.4 Å². The molecule has 0 bridgehead atoms. The second-order valence-electron chi connectivity index (χ2n) is 11.8. The number of carbonyl (C=O) groups is 1. The van der Waals surface area contributed by atoms with Gasteiger partial charge in [-0.2, -0.15) is 23.7 Å². The van der Waals surface area contributed by atoms with Gasteiger partial charge in [0.1, 0.15) is 23.4 Å². The van der Waals surface area contributed by atoms with Gasteiger partial charge >= 0.3 is 16.4 Å². The number of azo groups is 1.